The molecule has 3 aliphatic rings. The maximum atomic E-state index is 11.3. The second-order valence-corrected chi connectivity index (χ2v) is 4.96. The molecule has 3 saturated carbocycles. The van der Waals surface area contributed by atoms with Crippen molar-refractivity contribution in [1.82, 2.24) is 0 Å². The molecular formula is C10H15ClO. The molecule has 2 heteroatoms. The third-order valence-corrected chi connectivity index (χ3v) is 4.34. The molecule has 0 radical (unpaired) electrons. The van der Waals surface area contributed by atoms with Gasteiger partial charge in [-0.3, -0.25) is 4.79 Å². The zero-order chi connectivity index (χ0) is 8.77. The lowest BCUT2D eigenvalue weighted by Gasteiger charge is -2.47. The third kappa shape index (κ3) is 1.10. The van der Waals surface area contributed by atoms with Crippen LogP contribution in [0.1, 0.15) is 39.0 Å². The Morgan fingerprint density at radius 1 is 1.33 bits per heavy atom. The lowest BCUT2D eigenvalue weighted by atomic mass is 9.57. The monoisotopic (exact) mass is 186 g/mol. The first kappa shape index (κ1) is 8.55. The Morgan fingerprint density at radius 3 is 2.17 bits per heavy atom. The molecule has 0 aliphatic heterocycles. The quantitative estimate of drug-likeness (QED) is 0.576. The molecule has 0 aromatic carbocycles. The van der Waals surface area contributed by atoms with Gasteiger partial charge >= 0.3 is 0 Å². The second-order valence-electron chi connectivity index (χ2n) is 4.61. The molecule has 0 spiro atoms. The topological polar surface area (TPSA) is 17.1 Å². The number of carbonyl (C=O) groups is 1. The average Bonchev–Trinajstić information content (AvgIpc) is 2.05. The highest BCUT2D eigenvalue weighted by Gasteiger charge is 2.47. The Morgan fingerprint density at radius 2 is 1.92 bits per heavy atom. The molecule has 1 nitrogen and oxygen atoms in total. The molecule has 0 saturated heterocycles. The van der Waals surface area contributed by atoms with Crippen molar-refractivity contribution in [1.29, 1.82) is 0 Å². The summed E-state index contributed by atoms with van der Waals surface area (Å²) in [5, 5.41) is -0.100. The van der Waals surface area contributed by atoms with E-state index in [1.807, 2.05) is 0 Å². The van der Waals surface area contributed by atoms with Crippen molar-refractivity contribution in [3.63, 3.8) is 0 Å². The van der Waals surface area contributed by atoms with Gasteiger partial charge in [-0.25, -0.2) is 0 Å². The highest BCUT2D eigenvalue weighted by Crippen LogP contribution is 2.53. The minimum absolute atomic E-state index is 0.100. The largest absolute Gasteiger partial charge is 0.281 e. The van der Waals surface area contributed by atoms with E-state index in [1.54, 1.807) is 0 Å². The van der Waals surface area contributed by atoms with Crippen LogP contribution in [0.25, 0.3) is 0 Å². The van der Waals surface area contributed by atoms with Crippen LogP contribution < -0.4 is 0 Å². The molecule has 3 aliphatic carbocycles. The summed E-state index contributed by atoms with van der Waals surface area (Å²) >= 11 is 5.65. The number of hydrogen-bond donors (Lipinski definition) is 0. The van der Waals surface area contributed by atoms with Gasteiger partial charge in [0.2, 0.25) is 5.24 Å². The molecule has 68 valence electrons. The van der Waals surface area contributed by atoms with Crippen LogP contribution in [0.2, 0.25) is 0 Å². The summed E-state index contributed by atoms with van der Waals surface area (Å²) in [5.74, 6) is 1.36. The van der Waals surface area contributed by atoms with Gasteiger partial charge < -0.3 is 0 Å². The molecule has 0 N–H and O–H groups in total. The van der Waals surface area contributed by atoms with Crippen molar-refractivity contribution in [2.75, 3.05) is 0 Å². The zero-order valence-electron chi connectivity index (χ0n) is 7.48. The predicted octanol–water partition coefficient (Wildman–Crippen LogP) is 2.97. The van der Waals surface area contributed by atoms with E-state index >= 15 is 0 Å². The lowest BCUT2D eigenvalue weighted by molar-refractivity contribution is -0.128. The van der Waals surface area contributed by atoms with Gasteiger partial charge in [0.25, 0.3) is 0 Å². The summed E-state index contributed by atoms with van der Waals surface area (Å²) < 4.78 is 0. The fraction of sp³-hybridized carbons (Fsp3) is 0.900. The minimum atomic E-state index is -0.178. The summed E-state index contributed by atoms with van der Waals surface area (Å²) in [5.41, 5.74) is -0.178. The first-order valence-corrected chi connectivity index (χ1v) is 5.20. The minimum Gasteiger partial charge on any atom is -0.281 e. The Bertz CT molecular complexity index is 206. The van der Waals surface area contributed by atoms with Gasteiger partial charge in [0, 0.05) is 5.41 Å². The Balaban J connectivity index is 2.22. The third-order valence-electron chi connectivity index (χ3n) is 3.91. The molecule has 3 fully saturated rings. The van der Waals surface area contributed by atoms with Crippen molar-refractivity contribution in [2.45, 2.75) is 39.0 Å². The second kappa shape index (κ2) is 2.73. The van der Waals surface area contributed by atoms with Crippen molar-refractivity contribution in [3.05, 3.63) is 0 Å². The highest BCUT2D eigenvalue weighted by molar-refractivity contribution is 6.64. The van der Waals surface area contributed by atoms with Crippen LogP contribution in [0.15, 0.2) is 0 Å². The van der Waals surface area contributed by atoms with Crippen molar-refractivity contribution >= 4 is 16.8 Å². The van der Waals surface area contributed by atoms with Crippen LogP contribution in [-0.2, 0) is 4.79 Å². The normalized spacial score (nSPS) is 46.2. The van der Waals surface area contributed by atoms with E-state index in [2.05, 4.69) is 6.92 Å². The first-order valence-electron chi connectivity index (χ1n) is 4.83. The molecule has 1 atom stereocenters. The fourth-order valence-electron chi connectivity index (χ4n) is 3.01. The van der Waals surface area contributed by atoms with Gasteiger partial charge in [0.1, 0.15) is 0 Å². The van der Waals surface area contributed by atoms with Crippen molar-refractivity contribution in [3.8, 4) is 0 Å². The molecule has 0 aromatic rings. The molecular weight excluding hydrogens is 172 g/mol. The Labute approximate surface area is 78.5 Å². The van der Waals surface area contributed by atoms with E-state index in [4.69, 9.17) is 11.6 Å². The van der Waals surface area contributed by atoms with Crippen LogP contribution in [0.4, 0.5) is 0 Å². The predicted molar refractivity (Wildman–Crippen MR) is 49.0 cm³/mol. The molecule has 2 bridgehead atoms. The summed E-state index contributed by atoms with van der Waals surface area (Å²) in [6, 6.07) is 0. The van der Waals surface area contributed by atoms with Crippen molar-refractivity contribution < 1.29 is 4.79 Å². The smallest absolute Gasteiger partial charge is 0.227 e. The van der Waals surface area contributed by atoms with Gasteiger partial charge in [-0.2, -0.15) is 0 Å². The molecule has 0 amide bonds. The van der Waals surface area contributed by atoms with E-state index in [0.29, 0.717) is 5.92 Å². The van der Waals surface area contributed by atoms with Crippen LogP contribution in [-0.4, -0.2) is 5.24 Å². The lowest BCUT2D eigenvalue weighted by Crippen LogP contribution is -2.43. The SMILES string of the molecule is CC1(C(=O)Cl)CC2CCC1CC2. The number of fused-ring (bicyclic) bond motifs is 3. The Hall–Kier alpha value is -0.0400. The number of halogens is 1. The van der Waals surface area contributed by atoms with Crippen LogP contribution in [0.5, 0.6) is 0 Å². The van der Waals surface area contributed by atoms with Crippen LogP contribution >= 0.6 is 11.6 Å². The van der Waals surface area contributed by atoms with Crippen LogP contribution in [0.3, 0.4) is 0 Å². The van der Waals surface area contributed by atoms with E-state index in [1.165, 1.54) is 25.7 Å². The van der Waals surface area contributed by atoms with E-state index in [0.717, 1.165) is 12.3 Å². The highest BCUT2D eigenvalue weighted by atomic mass is 35.5. The van der Waals surface area contributed by atoms with Gasteiger partial charge in [-0.15, -0.1) is 0 Å². The molecule has 12 heavy (non-hydrogen) atoms. The summed E-state index contributed by atoms with van der Waals surface area (Å²) in [6.45, 7) is 2.05. The number of hydrogen-bond acceptors (Lipinski definition) is 1. The van der Waals surface area contributed by atoms with Crippen LogP contribution in [0, 0.1) is 17.3 Å². The molecule has 1 unspecified atom stereocenters. The number of carbonyl (C=O) groups excluding carboxylic acids is 1. The van der Waals surface area contributed by atoms with E-state index in [9.17, 15) is 4.79 Å². The first-order chi connectivity index (χ1) is 5.63. The standard InChI is InChI=1S/C10H15ClO/c1-10(9(11)12)6-7-2-4-8(10)5-3-7/h7-8H,2-6H2,1H3. The number of rotatable bonds is 1. The van der Waals surface area contributed by atoms with Gasteiger partial charge in [-0.05, 0) is 42.7 Å². The zero-order valence-corrected chi connectivity index (χ0v) is 8.23. The van der Waals surface area contributed by atoms with Gasteiger partial charge in [0.15, 0.2) is 0 Å². The Kier molecular flexibility index (Phi) is 1.95. The van der Waals surface area contributed by atoms with Gasteiger partial charge in [-0.1, -0.05) is 19.8 Å². The maximum absolute atomic E-state index is 11.3. The van der Waals surface area contributed by atoms with E-state index in [-0.39, 0.29) is 10.7 Å². The summed E-state index contributed by atoms with van der Waals surface area (Å²) in [4.78, 5) is 11.3. The average molecular weight is 187 g/mol. The molecule has 0 aromatic heterocycles. The van der Waals surface area contributed by atoms with Crippen molar-refractivity contribution in [2.24, 2.45) is 17.3 Å². The maximum Gasteiger partial charge on any atom is 0.227 e. The van der Waals surface area contributed by atoms with E-state index < -0.39 is 0 Å². The van der Waals surface area contributed by atoms with Gasteiger partial charge in [0.05, 0.1) is 0 Å². The summed E-state index contributed by atoms with van der Waals surface area (Å²) in [7, 11) is 0. The molecule has 0 heterocycles. The summed E-state index contributed by atoms with van der Waals surface area (Å²) in [6.07, 6.45) is 6.13. The molecule has 3 rings (SSSR count). The fourth-order valence-corrected chi connectivity index (χ4v) is 3.24.